The van der Waals surface area contributed by atoms with E-state index in [1.54, 1.807) is 12.3 Å². The van der Waals surface area contributed by atoms with Crippen LogP contribution in [0, 0.1) is 5.92 Å². The first-order valence-corrected chi connectivity index (χ1v) is 10.4. The average molecular weight is 399 g/mol. The zero-order valence-electron chi connectivity index (χ0n) is 16.7. The van der Waals surface area contributed by atoms with Crippen LogP contribution >= 0.6 is 11.8 Å². The molecule has 7 heteroatoms. The summed E-state index contributed by atoms with van der Waals surface area (Å²) in [4.78, 5) is 12.4. The van der Waals surface area contributed by atoms with E-state index in [0.29, 0.717) is 22.7 Å². The van der Waals surface area contributed by atoms with Crippen molar-refractivity contribution >= 4 is 17.7 Å². The van der Waals surface area contributed by atoms with Crippen LogP contribution in [0.1, 0.15) is 37.9 Å². The number of carbonyl (C=O) groups is 1. The van der Waals surface area contributed by atoms with Crippen molar-refractivity contribution < 1.29 is 9.21 Å². The second-order valence-corrected chi connectivity index (χ2v) is 8.20. The quantitative estimate of drug-likeness (QED) is 0.575. The van der Waals surface area contributed by atoms with E-state index in [0.717, 1.165) is 12.0 Å². The molecule has 3 rings (SSSR count). The topological polar surface area (TPSA) is 73.0 Å². The largest absolute Gasteiger partial charge is 0.461 e. The van der Waals surface area contributed by atoms with E-state index >= 15 is 0 Å². The molecule has 28 heavy (non-hydrogen) atoms. The third-order valence-corrected chi connectivity index (χ3v) is 5.43. The van der Waals surface area contributed by atoms with Crippen LogP contribution < -0.4 is 5.32 Å². The highest BCUT2D eigenvalue weighted by molar-refractivity contribution is 7.99. The Hall–Kier alpha value is -2.54. The standard InChI is InChI=1S/C21H26N4O2S/c1-14(2)12-16-7-9-17(10-8-16)15(3)22-19(26)13-28-21-24-23-20(25(21)4)18-6-5-11-27-18/h5-11,14-15H,12-13H2,1-4H3,(H,22,26)/t15-/m0/s1. The van der Waals surface area contributed by atoms with Crippen LogP contribution in [0.5, 0.6) is 0 Å². The summed E-state index contributed by atoms with van der Waals surface area (Å²) >= 11 is 1.36. The van der Waals surface area contributed by atoms with Gasteiger partial charge in [0.05, 0.1) is 18.1 Å². The fraction of sp³-hybridized carbons (Fsp3) is 0.381. The maximum Gasteiger partial charge on any atom is 0.230 e. The van der Waals surface area contributed by atoms with Gasteiger partial charge in [0.2, 0.25) is 5.91 Å². The third-order valence-electron chi connectivity index (χ3n) is 4.41. The summed E-state index contributed by atoms with van der Waals surface area (Å²) in [6, 6.07) is 12.1. The number of hydrogen-bond acceptors (Lipinski definition) is 5. The Balaban J connectivity index is 1.53. The van der Waals surface area contributed by atoms with Crippen molar-refractivity contribution in [3.8, 4) is 11.6 Å². The molecular formula is C21H26N4O2S. The fourth-order valence-electron chi connectivity index (χ4n) is 2.97. The minimum atomic E-state index is -0.0422. The molecular weight excluding hydrogens is 372 g/mol. The van der Waals surface area contributed by atoms with Gasteiger partial charge in [-0.1, -0.05) is 49.9 Å². The maximum atomic E-state index is 12.4. The molecule has 1 amide bonds. The molecule has 6 nitrogen and oxygen atoms in total. The highest BCUT2D eigenvalue weighted by Crippen LogP contribution is 2.23. The highest BCUT2D eigenvalue weighted by atomic mass is 32.2. The molecule has 0 spiro atoms. The van der Waals surface area contributed by atoms with Gasteiger partial charge in [-0.3, -0.25) is 4.79 Å². The van der Waals surface area contributed by atoms with Gasteiger partial charge in [0, 0.05) is 7.05 Å². The Kier molecular flexibility index (Phi) is 6.57. The Labute approximate surface area is 169 Å². The number of rotatable bonds is 8. The van der Waals surface area contributed by atoms with Crippen LogP contribution in [0.15, 0.2) is 52.2 Å². The molecule has 0 radical (unpaired) electrons. The molecule has 1 aromatic carbocycles. The monoisotopic (exact) mass is 398 g/mol. The molecule has 0 fully saturated rings. The first-order valence-electron chi connectivity index (χ1n) is 9.38. The van der Waals surface area contributed by atoms with Gasteiger partial charge in [-0.05, 0) is 42.5 Å². The fourth-order valence-corrected chi connectivity index (χ4v) is 3.69. The highest BCUT2D eigenvalue weighted by Gasteiger charge is 2.15. The maximum absolute atomic E-state index is 12.4. The first kappa shape index (κ1) is 20.2. The average Bonchev–Trinajstić information content (AvgIpc) is 3.29. The Morgan fingerprint density at radius 2 is 1.93 bits per heavy atom. The number of nitrogens with zero attached hydrogens (tertiary/aromatic N) is 3. The van der Waals surface area contributed by atoms with Crippen LogP contribution in [0.4, 0.5) is 0 Å². The van der Waals surface area contributed by atoms with Crippen molar-refractivity contribution in [3.05, 3.63) is 53.8 Å². The second-order valence-electron chi connectivity index (χ2n) is 7.26. The molecule has 2 heterocycles. The van der Waals surface area contributed by atoms with Crippen molar-refractivity contribution in [2.45, 2.75) is 38.4 Å². The van der Waals surface area contributed by atoms with Gasteiger partial charge in [-0.15, -0.1) is 10.2 Å². The minimum absolute atomic E-state index is 0.0358. The predicted octanol–water partition coefficient (Wildman–Crippen LogP) is 4.24. The number of amides is 1. The zero-order chi connectivity index (χ0) is 20.1. The molecule has 0 saturated carbocycles. The van der Waals surface area contributed by atoms with Gasteiger partial charge in [0.15, 0.2) is 16.7 Å². The molecule has 3 aromatic rings. The van der Waals surface area contributed by atoms with Crippen LogP contribution in [-0.2, 0) is 18.3 Å². The molecule has 0 aliphatic rings. The van der Waals surface area contributed by atoms with Gasteiger partial charge in [0.1, 0.15) is 0 Å². The summed E-state index contributed by atoms with van der Waals surface area (Å²) < 4.78 is 7.19. The van der Waals surface area contributed by atoms with Gasteiger partial charge >= 0.3 is 0 Å². The SMILES string of the molecule is CC(C)Cc1ccc([C@H](C)NC(=O)CSc2nnc(-c3ccco3)n2C)cc1. The number of hydrogen-bond donors (Lipinski definition) is 1. The van der Waals surface area contributed by atoms with Crippen LogP contribution in [-0.4, -0.2) is 26.4 Å². The Morgan fingerprint density at radius 3 is 2.57 bits per heavy atom. The van der Waals surface area contributed by atoms with E-state index < -0.39 is 0 Å². The molecule has 0 unspecified atom stereocenters. The van der Waals surface area contributed by atoms with E-state index in [-0.39, 0.29) is 17.7 Å². The van der Waals surface area contributed by atoms with E-state index in [1.807, 2.05) is 24.6 Å². The van der Waals surface area contributed by atoms with Crippen molar-refractivity contribution in [1.29, 1.82) is 0 Å². The zero-order valence-corrected chi connectivity index (χ0v) is 17.5. The summed E-state index contributed by atoms with van der Waals surface area (Å²) in [5.74, 6) is 2.17. The van der Waals surface area contributed by atoms with E-state index in [2.05, 4.69) is 53.6 Å². The lowest BCUT2D eigenvalue weighted by molar-refractivity contribution is -0.119. The lowest BCUT2D eigenvalue weighted by Gasteiger charge is -2.15. The smallest absolute Gasteiger partial charge is 0.230 e. The number of nitrogens with one attached hydrogen (secondary N) is 1. The number of furan rings is 1. The van der Waals surface area contributed by atoms with E-state index in [4.69, 9.17) is 4.42 Å². The number of aromatic nitrogens is 3. The molecule has 2 aromatic heterocycles. The number of benzene rings is 1. The van der Waals surface area contributed by atoms with Gasteiger partial charge in [-0.25, -0.2) is 0 Å². The van der Waals surface area contributed by atoms with Gasteiger partial charge in [-0.2, -0.15) is 0 Å². The van der Waals surface area contributed by atoms with Crippen molar-refractivity contribution in [2.24, 2.45) is 13.0 Å². The minimum Gasteiger partial charge on any atom is -0.461 e. The summed E-state index contributed by atoms with van der Waals surface area (Å²) in [6.45, 7) is 6.42. The Bertz CT molecular complexity index is 901. The summed E-state index contributed by atoms with van der Waals surface area (Å²) in [7, 11) is 1.86. The number of carbonyl (C=O) groups excluding carboxylic acids is 1. The molecule has 0 aliphatic carbocycles. The predicted molar refractivity (Wildman–Crippen MR) is 111 cm³/mol. The summed E-state index contributed by atoms with van der Waals surface area (Å²) in [5.41, 5.74) is 2.42. The van der Waals surface area contributed by atoms with Crippen LogP contribution in [0.25, 0.3) is 11.6 Å². The molecule has 1 N–H and O–H groups in total. The van der Waals surface area contributed by atoms with Crippen LogP contribution in [0.2, 0.25) is 0 Å². The number of thioether (sulfide) groups is 1. The van der Waals surface area contributed by atoms with E-state index in [9.17, 15) is 4.79 Å². The molecule has 0 bridgehead atoms. The lowest BCUT2D eigenvalue weighted by atomic mass is 10.00. The van der Waals surface area contributed by atoms with Gasteiger partial charge < -0.3 is 14.3 Å². The normalized spacial score (nSPS) is 12.3. The molecule has 1 atom stereocenters. The summed E-state index contributed by atoms with van der Waals surface area (Å²) in [5, 5.41) is 12.0. The third kappa shape index (κ3) is 5.04. The molecule has 0 aliphatic heterocycles. The van der Waals surface area contributed by atoms with Crippen LogP contribution in [0.3, 0.4) is 0 Å². The molecule has 0 saturated heterocycles. The van der Waals surface area contributed by atoms with Gasteiger partial charge in [0.25, 0.3) is 0 Å². The van der Waals surface area contributed by atoms with Crippen molar-refractivity contribution in [1.82, 2.24) is 20.1 Å². The van der Waals surface area contributed by atoms with E-state index in [1.165, 1.54) is 17.3 Å². The van der Waals surface area contributed by atoms with Crippen molar-refractivity contribution in [3.63, 3.8) is 0 Å². The van der Waals surface area contributed by atoms with Crippen molar-refractivity contribution in [2.75, 3.05) is 5.75 Å². The Morgan fingerprint density at radius 1 is 1.18 bits per heavy atom. The second kappa shape index (κ2) is 9.10. The summed E-state index contributed by atoms with van der Waals surface area (Å²) in [6.07, 6.45) is 2.66. The molecule has 148 valence electrons. The first-order chi connectivity index (χ1) is 13.4. The lowest BCUT2D eigenvalue weighted by Crippen LogP contribution is -2.28.